The first-order valence-electron chi connectivity index (χ1n) is 16.3. The highest BCUT2D eigenvalue weighted by atomic mass is 127. The fourth-order valence-corrected chi connectivity index (χ4v) is 6.53. The van der Waals surface area contributed by atoms with Crippen molar-refractivity contribution in [2.75, 3.05) is 7.11 Å². The molecular weight excluding hydrogens is 727 g/mol. The number of hydrogen-bond donors (Lipinski definition) is 0. The quantitative estimate of drug-likeness (QED) is 0.0606. The molecular formula is C42H39IO6. The van der Waals surface area contributed by atoms with E-state index in [-0.39, 0.29) is 25.2 Å². The van der Waals surface area contributed by atoms with Gasteiger partial charge in [-0.25, -0.2) is 4.79 Å². The van der Waals surface area contributed by atoms with Crippen LogP contribution in [-0.4, -0.2) is 25.0 Å². The molecule has 2 atom stereocenters. The van der Waals surface area contributed by atoms with Crippen LogP contribution in [0.4, 0.5) is 0 Å². The summed E-state index contributed by atoms with van der Waals surface area (Å²) in [5, 5.41) is 0. The minimum Gasteiger partial charge on any atom is -0.465 e. The lowest BCUT2D eigenvalue weighted by molar-refractivity contribution is -0.150. The van der Waals surface area contributed by atoms with Crippen LogP contribution < -0.4 is 0 Å². The van der Waals surface area contributed by atoms with E-state index < -0.39 is 17.8 Å². The van der Waals surface area contributed by atoms with Crippen LogP contribution in [0.1, 0.15) is 43.7 Å². The number of halogens is 1. The van der Waals surface area contributed by atoms with Crippen LogP contribution in [0.5, 0.6) is 0 Å². The highest BCUT2D eigenvalue weighted by molar-refractivity contribution is 14.1. The number of methoxy groups -OCH3 is 1. The number of rotatable bonds is 15. The molecule has 0 aliphatic rings. The van der Waals surface area contributed by atoms with Crippen LogP contribution in [0.2, 0.25) is 0 Å². The van der Waals surface area contributed by atoms with Gasteiger partial charge in [-0.2, -0.15) is 0 Å². The molecule has 0 aliphatic heterocycles. The molecule has 0 saturated heterocycles. The summed E-state index contributed by atoms with van der Waals surface area (Å²) < 4.78 is 17.7. The maximum atomic E-state index is 13.7. The normalized spacial score (nSPS) is 12.0. The first kappa shape index (κ1) is 35.5. The summed E-state index contributed by atoms with van der Waals surface area (Å²) in [7, 11) is 1.35. The van der Waals surface area contributed by atoms with E-state index in [4.69, 9.17) is 14.2 Å². The van der Waals surface area contributed by atoms with Crippen LogP contribution in [-0.2, 0) is 62.7 Å². The van der Waals surface area contributed by atoms with Crippen molar-refractivity contribution in [3.8, 4) is 0 Å². The van der Waals surface area contributed by atoms with Gasteiger partial charge in [0.15, 0.2) is 0 Å². The molecule has 0 fully saturated rings. The van der Waals surface area contributed by atoms with Gasteiger partial charge in [-0.05, 0) is 93.8 Å². The molecule has 5 aromatic carbocycles. The fourth-order valence-electron chi connectivity index (χ4n) is 5.78. The summed E-state index contributed by atoms with van der Waals surface area (Å²) in [6, 6.07) is 42.4. The van der Waals surface area contributed by atoms with Crippen LogP contribution in [0, 0.1) is 15.4 Å². The number of esters is 3. The molecule has 250 valence electrons. The van der Waals surface area contributed by atoms with E-state index in [9.17, 15) is 14.4 Å². The molecule has 7 heteroatoms. The van der Waals surface area contributed by atoms with Crippen LogP contribution in [0.15, 0.2) is 133 Å². The molecule has 5 rings (SSSR count). The largest absolute Gasteiger partial charge is 0.465 e. The van der Waals surface area contributed by atoms with Crippen LogP contribution in [0.3, 0.4) is 0 Å². The molecule has 0 bridgehead atoms. The molecule has 0 aliphatic carbocycles. The Morgan fingerprint density at radius 3 is 1.22 bits per heavy atom. The highest BCUT2D eigenvalue weighted by Crippen LogP contribution is 2.29. The average molecular weight is 767 g/mol. The summed E-state index contributed by atoms with van der Waals surface area (Å²) in [5.41, 5.74) is 5.81. The van der Waals surface area contributed by atoms with Gasteiger partial charge in [0.05, 0.1) is 24.5 Å². The Morgan fingerprint density at radius 2 is 0.878 bits per heavy atom. The second kappa shape index (κ2) is 18.1. The molecule has 0 unspecified atom stereocenters. The van der Waals surface area contributed by atoms with Gasteiger partial charge in [-0.1, -0.05) is 121 Å². The van der Waals surface area contributed by atoms with Gasteiger partial charge in [-0.3, -0.25) is 9.59 Å². The topological polar surface area (TPSA) is 78.9 Å². The number of benzene rings is 5. The predicted molar refractivity (Wildman–Crippen MR) is 198 cm³/mol. The monoisotopic (exact) mass is 766 g/mol. The zero-order chi connectivity index (χ0) is 34.4. The third-order valence-electron chi connectivity index (χ3n) is 8.34. The lowest BCUT2D eigenvalue weighted by Crippen LogP contribution is -2.25. The van der Waals surface area contributed by atoms with E-state index >= 15 is 0 Å². The molecule has 5 aromatic rings. The Hall–Kier alpha value is -4.76. The number of ether oxygens (including phenoxy) is 3. The van der Waals surface area contributed by atoms with Crippen molar-refractivity contribution in [1.82, 2.24) is 0 Å². The maximum absolute atomic E-state index is 13.7. The second-order valence-electron chi connectivity index (χ2n) is 12.0. The second-order valence-corrected chi connectivity index (χ2v) is 13.0. The van der Waals surface area contributed by atoms with Crippen molar-refractivity contribution >= 4 is 40.5 Å². The van der Waals surface area contributed by atoms with Gasteiger partial charge in [-0.15, -0.1) is 0 Å². The van der Waals surface area contributed by atoms with Gasteiger partial charge in [0, 0.05) is 3.57 Å². The molecule has 0 spiro atoms. The van der Waals surface area contributed by atoms with Gasteiger partial charge in [0.25, 0.3) is 0 Å². The smallest absolute Gasteiger partial charge is 0.337 e. The Bertz CT molecular complexity index is 1690. The molecule has 0 radical (unpaired) electrons. The number of carbonyl (C=O) groups excluding carboxylic acids is 3. The van der Waals surface area contributed by atoms with Crippen molar-refractivity contribution < 1.29 is 28.6 Å². The lowest BCUT2D eigenvalue weighted by atomic mass is 9.88. The van der Waals surface area contributed by atoms with Gasteiger partial charge >= 0.3 is 17.9 Å². The van der Waals surface area contributed by atoms with Gasteiger partial charge in [0.1, 0.15) is 13.2 Å². The number of hydrogen-bond acceptors (Lipinski definition) is 6. The standard InChI is InChI=1S/C42H39IO6/c1-47-40(44)38-26-34(24-36(22-30-14-6-2-7-15-30)41(45)48-28-32-18-10-4-11-19-32)39(43)35(27-38)25-37(23-31-16-8-3-9-17-31)42(46)49-29-33-20-12-5-13-21-33/h2-21,26-27,36-37H,22-25,28-29H2,1H3/t36-,37-/m0/s1. The van der Waals surface area contributed by atoms with Crippen LogP contribution >= 0.6 is 22.6 Å². The molecule has 0 N–H and O–H groups in total. The van der Waals surface area contributed by atoms with Gasteiger partial charge < -0.3 is 14.2 Å². The molecule has 0 amide bonds. The highest BCUT2D eigenvalue weighted by Gasteiger charge is 2.27. The van der Waals surface area contributed by atoms with E-state index in [1.165, 1.54) is 7.11 Å². The Morgan fingerprint density at radius 1 is 0.531 bits per heavy atom. The first-order chi connectivity index (χ1) is 23.9. The van der Waals surface area contributed by atoms with Crippen LogP contribution in [0.25, 0.3) is 0 Å². The maximum Gasteiger partial charge on any atom is 0.337 e. The van der Waals surface area contributed by atoms with Gasteiger partial charge in [0.2, 0.25) is 0 Å². The van der Waals surface area contributed by atoms with E-state index in [1.807, 2.05) is 121 Å². The minimum atomic E-state index is -0.517. The SMILES string of the molecule is COC(=O)c1cc(C[C@H](Cc2ccccc2)C(=O)OCc2ccccc2)c(I)c(C[C@H](Cc2ccccc2)C(=O)OCc2ccccc2)c1. The van der Waals surface area contributed by atoms with E-state index in [0.29, 0.717) is 31.2 Å². The summed E-state index contributed by atoms with van der Waals surface area (Å²) in [5.74, 6) is -2.16. The van der Waals surface area contributed by atoms with E-state index in [2.05, 4.69) is 22.6 Å². The molecule has 0 aromatic heterocycles. The van der Waals surface area contributed by atoms with Crippen molar-refractivity contribution in [3.05, 3.63) is 176 Å². The van der Waals surface area contributed by atoms with Crippen molar-refractivity contribution in [2.24, 2.45) is 11.8 Å². The summed E-state index contributed by atoms with van der Waals surface area (Å²) in [4.78, 5) is 40.3. The van der Waals surface area contributed by atoms with E-state index in [1.54, 1.807) is 12.1 Å². The number of carbonyl (C=O) groups is 3. The zero-order valence-electron chi connectivity index (χ0n) is 27.4. The Labute approximate surface area is 301 Å². The van der Waals surface area contributed by atoms with Crippen molar-refractivity contribution in [3.63, 3.8) is 0 Å². The lowest BCUT2D eigenvalue weighted by Gasteiger charge is -2.21. The van der Waals surface area contributed by atoms with Crippen molar-refractivity contribution in [1.29, 1.82) is 0 Å². The van der Waals surface area contributed by atoms with Crippen molar-refractivity contribution in [2.45, 2.75) is 38.9 Å². The molecule has 0 saturated carbocycles. The summed E-state index contributed by atoms with van der Waals surface area (Å²) in [6.07, 6.45) is 1.59. The third-order valence-corrected chi connectivity index (χ3v) is 9.73. The Kier molecular flexibility index (Phi) is 13.1. The van der Waals surface area contributed by atoms with E-state index in [0.717, 1.165) is 37.0 Å². The molecule has 6 nitrogen and oxygen atoms in total. The Balaban J connectivity index is 1.45. The first-order valence-corrected chi connectivity index (χ1v) is 17.4. The summed E-state index contributed by atoms with van der Waals surface area (Å²) >= 11 is 2.27. The summed E-state index contributed by atoms with van der Waals surface area (Å²) in [6.45, 7) is 0.337. The minimum absolute atomic E-state index is 0.168. The fraction of sp³-hybridized carbons (Fsp3) is 0.214. The predicted octanol–water partition coefficient (Wildman–Crippen LogP) is 8.37. The molecule has 0 heterocycles. The zero-order valence-corrected chi connectivity index (χ0v) is 29.6. The molecule has 49 heavy (non-hydrogen) atoms. The average Bonchev–Trinajstić information content (AvgIpc) is 3.15. The third kappa shape index (κ3) is 10.6.